The summed E-state index contributed by atoms with van der Waals surface area (Å²) < 4.78 is 1.47. The minimum Gasteiger partial charge on any atom is -0.361 e. The molecule has 3 aromatic heterocycles. The zero-order valence-corrected chi connectivity index (χ0v) is 20.8. The lowest BCUT2D eigenvalue weighted by Crippen LogP contribution is -2.43. The Kier molecular flexibility index (Phi) is 5.80. The summed E-state index contributed by atoms with van der Waals surface area (Å²) in [6.07, 6.45) is 8.42. The molecular weight excluding hydrogens is 460 g/mol. The van der Waals surface area contributed by atoms with Crippen LogP contribution in [0.5, 0.6) is 0 Å². The Bertz CT molecular complexity index is 1470. The van der Waals surface area contributed by atoms with E-state index in [2.05, 4.69) is 45.4 Å². The van der Waals surface area contributed by atoms with Crippen molar-refractivity contribution < 1.29 is 4.79 Å². The summed E-state index contributed by atoms with van der Waals surface area (Å²) in [4.78, 5) is 36.8. The van der Waals surface area contributed by atoms with Crippen molar-refractivity contribution in [2.24, 2.45) is 5.92 Å². The first-order chi connectivity index (χ1) is 17.1. The summed E-state index contributed by atoms with van der Waals surface area (Å²) in [5.74, 6) is 0.0106. The van der Waals surface area contributed by atoms with E-state index in [1.165, 1.54) is 32.4 Å². The topological polar surface area (TPSA) is 95.4 Å². The molecule has 0 unspecified atom stereocenters. The number of anilines is 1. The van der Waals surface area contributed by atoms with Gasteiger partial charge in [0.15, 0.2) is 0 Å². The lowest BCUT2D eigenvalue weighted by molar-refractivity contribution is -0.125. The number of H-pyrrole nitrogens is 1. The third-order valence-corrected chi connectivity index (χ3v) is 8.32. The Balaban J connectivity index is 1.12. The molecule has 8 nitrogen and oxygen atoms in total. The number of rotatable bonds is 5. The number of hydrogen-bond donors (Lipinski definition) is 2. The molecule has 1 atom stereocenters. The van der Waals surface area contributed by atoms with E-state index in [9.17, 15) is 9.59 Å². The van der Waals surface area contributed by atoms with Crippen LogP contribution in [0.1, 0.15) is 48.1 Å². The number of aromatic nitrogens is 4. The predicted molar refractivity (Wildman–Crippen MR) is 138 cm³/mol. The summed E-state index contributed by atoms with van der Waals surface area (Å²) in [5.41, 5.74) is 5.34. The third-order valence-electron chi connectivity index (χ3n) is 7.35. The van der Waals surface area contributed by atoms with Gasteiger partial charge in [0.1, 0.15) is 0 Å². The summed E-state index contributed by atoms with van der Waals surface area (Å²) in [7, 11) is 0. The molecule has 4 heterocycles. The molecule has 6 rings (SSSR count). The van der Waals surface area contributed by atoms with Gasteiger partial charge in [-0.25, -0.2) is 4.98 Å². The van der Waals surface area contributed by atoms with Crippen LogP contribution in [0.4, 0.5) is 5.13 Å². The van der Waals surface area contributed by atoms with Crippen LogP contribution in [-0.2, 0) is 24.1 Å². The number of amides is 1. The fraction of sp³-hybridized carbons (Fsp3) is 0.462. The first-order valence-corrected chi connectivity index (χ1v) is 13.4. The van der Waals surface area contributed by atoms with Gasteiger partial charge >= 0.3 is 0 Å². The maximum absolute atomic E-state index is 13.0. The van der Waals surface area contributed by atoms with E-state index in [1.807, 2.05) is 6.20 Å². The lowest BCUT2D eigenvalue weighted by atomic mass is 9.97. The maximum Gasteiger partial charge on any atom is 0.278 e. The molecule has 2 N–H and O–H groups in total. The maximum atomic E-state index is 13.0. The second-order valence-corrected chi connectivity index (χ2v) is 10.8. The summed E-state index contributed by atoms with van der Waals surface area (Å²) >= 11 is 1.45. The Hall–Kier alpha value is -3.20. The molecule has 0 bridgehead atoms. The number of hydrogen-bond acceptors (Lipinski definition) is 6. The molecule has 0 radical (unpaired) electrons. The van der Waals surface area contributed by atoms with Gasteiger partial charge in [-0.2, -0.15) is 4.52 Å². The van der Waals surface area contributed by atoms with E-state index in [1.54, 1.807) is 0 Å². The van der Waals surface area contributed by atoms with Gasteiger partial charge in [-0.15, -0.1) is 5.10 Å². The van der Waals surface area contributed by atoms with E-state index in [4.69, 9.17) is 4.98 Å². The molecule has 35 heavy (non-hydrogen) atoms. The van der Waals surface area contributed by atoms with Crippen LogP contribution in [0.3, 0.4) is 0 Å². The number of carbonyl (C=O) groups is 1. The molecule has 1 aliphatic carbocycles. The number of aromatic amines is 1. The molecule has 4 aromatic rings. The number of nitrogens with zero attached hydrogens (tertiary/aromatic N) is 4. The Morgan fingerprint density at radius 3 is 3.06 bits per heavy atom. The van der Waals surface area contributed by atoms with Gasteiger partial charge in [0.2, 0.25) is 16.0 Å². The van der Waals surface area contributed by atoms with Crippen molar-refractivity contribution in [1.82, 2.24) is 24.9 Å². The molecule has 1 fully saturated rings. The van der Waals surface area contributed by atoms with Gasteiger partial charge < -0.3 is 15.2 Å². The van der Waals surface area contributed by atoms with Crippen LogP contribution in [0.2, 0.25) is 0 Å². The molecule has 1 aromatic carbocycles. The highest BCUT2D eigenvalue weighted by Crippen LogP contribution is 2.28. The van der Waals surface area contributed by atoms with Crippen molar-refractivity contribution in [1.29, 1.82) is 0 Å². The zero-order chi connectivity index (χ0) is 23.9. The van der Waals surface area contributed by atoms with E-state index < -0.39 is 0 Å². The van der Waals surface area contributed by atoms with Crippen molar-refractivity contribution in [3.8, 4) is 0 Å². The van der Waals surface area contributed by atoms with Crippen molar-refractivity contribution in [3.05, 3.63) is 57.1 Å². The summed E-state index contributed by atoms with van der Waals surface area (Å²) in [6.45, 7) is 4.17. The fourth-order valence-electron chi connectivity index (χ4n) is 5.42. The normalized spacial score (nSPS) is 18.2. The predicted octanol–water partition coefficient (Wildman–Crippen LogP) is 3.39. The van der Waals surface area contributed by atoms with Crippen molar-refractivity contribution in [2.45, 2.75) is 51.9 Å². The molecule has 0 spiro atoms. The van der Waals surface area contributed by atoms with E-state index in [0.717, 1.165) is 73.4 Å². The summed E-state index contributed by atoms with van der Waals surface area (Å²) in [6, 6.07) is 6.40. The number of carbonyl (C=O) groups excluding carboxylic acids is 1. The second kappa shape index (κ2) is 9.11. The lowest BCUT2D eigenvalue weighted by Gasteiger charge is -2.31. The van der Waals surface area contributed by atoms with Gasteiger partial charge in [0.25, 0.3) is 5.56 Å². The van der Waals surface area contributed by atoms with Crippen LogP contribution in [0, 0.1) is 12.8 Å². The molecule has 0 saturated carbocycles. The van der Waals surface area contributed by atoms with Crippen LogP contribution in [0.25, 0.3) is 15.9 Å². The van der Waals surface area contributed by atoms with Gasteiger partial charge in [0, 0.05) is 42.3 Å². The SMILES string of the molecule is Cc1ccc2[nH]cc(CCNC(=O)[C@@H]3CCCN(c4nn5c(=O)c6c(nc5s4)CCCC6)C3)c2c1. The zero-order valence-electron chi connectivity index (χ0n) is 20.0. The number of aryl methyl sites for hydroxylation is 2. The molecule has 1 amide bonds. The molecular formula is C26H30N6O2S. The minimum atomic E-state index is -0.0844. The van der Waals surface area contributed by atoms with Gasteiger partial charge in [-0.1, -0.05) is 23.0 Å². The molecule has 1 saturated heterocycles. The van der Waals surface area contributed by atoms with Gasteiger partial charge in [0.05, 0.1) is 11.6 Å². The highest BCUT2D eigenvalue weighted by Gasteiger charge is 2.28. The van der Waals surface area contributed by atoms with Crippen LogP contribution < -0.4 is 15.8 Å². The molecule has 9 heteroatoms. The van der Waals surface area contributed by atoms with E-state index >= 15 is 0 Å². The third kappa shape index (κ3) is 4.22. The molecule has 182 valence electrons. The first-order valence-electron chi connectivity index (χ1n) is 12.6. The quantitative estimate of drug-likeness (QED) is 0.447. The number of fused-ring (bicyclic) bond motifs is 3. The number of piperidine rings is 1. The average molecular weight is 491 g/mol. The highest BCUT2D eigenvalue weighted by atomic mass is 32.1. The van der Waals surface area contributed by atoms with Crippen LogP contribution in [0.15, 0.2) is 29.2 Å². The molecule has 1 aliphatic heterocycles. The van der Waals surface area contributed by atoms with Crippen LogP contribution in [-0.4, -0.2) is 45.1 Å². The van der Waals surface area contributed by atoms with Crippen molar-refractivity contribution >= 4 is 38.2 Å². The standard InChI is InChI=1S/C26H30N6O2S/c1-16-8-9-21-20(13-16)17(14-28-21)10-11-27-23(33)18-5-4-12-31(15-18)26-30-32-24(34)19-6-2-3-7-22(19)29-25(32)35-26/h8-9,13-14,18,28H,2-7,10-12,15H2,1H3,(H,27,33)/t18-/m1/s1. The van der Waals surface area contributed by atoms with Crippen molar-refractivity contribution in [2.75, 3.05) is 24.5 Å². The smallest absolute Gasteiger partial charge is 0.278 e. The van der Waals surface area contributed by atoms with Gasteiger partial charge in [-0.05, 0) is 69.6 Å². The fourth-order valence-corrected chi connectivity index (χ4v) is 6.37. The van der Waals surface area contributed by atoms with Crippen molar-refractivity contribution in [3.63, 3.8) is 0 Å². The largest absolute Gasteiger partial charge is 0.361 e. The average Bonchev–Trinajstić information content (AvgIpc) is 3.48. The minimum absolute atomic E-state index is 0.0222. The van der Waals surface area contributed by atoms with Gasteiger partial charge in [-0.3, -0.25) is 9.59 Å². The number of nitrogens with one attached hydrogen (secondary N) is 2. The Morgan fingerprint density at radius 2 is 2.14 bits per heavy atom. The monoisotopic (exact) mass is 490 g/mol. The Labute approximate surface area is 207 Å². The second-order valence-electron chi connectivity index (χ2n) is 9.82. The van der Waals surface area contributed by atoms with E-state index in [0.29, 0.717) is 18.1 Å². The summed E-state index contributed by atoms with van der Waals surface area (Å²) in [5, 5.41) is 9.78. The Morgan fingerprint density at radius 1 is 1.26 bits per heavy atom. The molecule has 2 aliphatic rings. The first kappa shape index (κ1) is 22.3. The van der Waals surface area contributed by atoms with E-state index in [-0.39, 0.29) is 17.4 Å². The highest BCUT2D eigenvalue weighted by molar-refractivity contribution is 7.20. The number of benzene rings is 1. The van der Waals surface area contributed by atoms with Crippen LogP contribution >= 0.6 is 11.3 Å².